The highest BCUT2D eigenvalue weighted by Gasteiger charge is 2.23. The topological polar surface area (TPSA) is 34.1 Å². The lowest BCUT2D eigenvalue weighted by atomic mass is 9.87. The summed E-state index contributed by atoms with van der Waals surface area (Å²) in [6.07, 6.45) is 1.80. The molecule has 102 valence electrons. The van der Waals surface area contributed by atoms with Gasteiger partial charge in [0.15, 0.2) is 0 Å². The Kier molecular flexibility index (Phi) is 4.05. The van der Waals surface area contributed by atoms with Gasteiger partial charge < -0.3 is 10.1 Å². The number of benzene rings is 1. The molecule has 0 amide bonds. The van der Waals surface area contributed by atoms with Gasteiger partial charge in [-0.25, -0.2) is 0 Å². The van der Waals surface area contributed by atoms with Crippen molar-refractivity contribution in [2.75, 3.05) is 13.7 Å². The van der Waals surface area contributed by atoms with E-state index in [9.17, 15) is 0 Å². The summed E-state index contributed by atoms with van der Waals surface area (Å²) in [6.45, 7) is 7.28. The van der Waals surface area contributed by atoms with Gasteiger partial charge in [0.1, 0.15) is 12.4 Å². The van der Waals surface area contributed by atoms with Crippen LogP contribution in [0.2, 0.25) is 0 Å². The average Bonchev–Trinajstić information content (AvgIpc) is 2.38. The third kappa shape index (κ3) is 3.24. The van der Waals surface area contributed by atoms with E-state index < -0.39 is 0 Å². The van der Waals surface area contributed by atoms with Crippen LogP contribution in [0.3, 0.4) is 0 Å². The van der Waals surface area contributed by atoms with E-state index in [0.29, 0.717) is 12.6 Å². The normalized spacial score (nSPS) is 13.5. The third-order valence-electron chi connectivity index (χ3n) is 3.41. The largest absolute Gasteiger partial charge is 0.491 e. The van der Waals surface area contributed by atoms with Crippen LogP contribution < -0.4 is 10.1 Å². The lowest BCUT2D eigenvalue weighted by Crippen LogP contribution is -2.42. The van der Waals surface area contributed by atoms with Crippen LogP contribution in [0.4, 0.5) is 0 Å². The number of likely N-dealkylation sites (N-methyl/N-ethyl adjacent to an activating group) is 1. The summed E-state index contributed by atoms with van der Waals surface area (Å²) >= 11 is 0. The molecule has 0 aliphatic heterocycles. The maximum Gasteiger partial charge on any atom is 0.128 e. The summed E-state index contributed by atoms with van der Waals surface area (Å²) in [6, 6.07) is 10.3. The molecule has 1 heterocycles. The monoisotopic (exact) mass is 258 g/mol. The van der Waals surface area contributed by atoms with Crippen molar-refractivity contribution in [2.45, 2.75) is 26.8 Å². The molecule has 0 aliphatic carbocycles. The maximum atomic E-state index is 6.00. The predicted molar refractivity (Wildman–Crippen MR) is 79.5 cm³/mol. The fourth-order valence-corrected chi connectivity index (χ4v) is 2.14. The van der Waals surface area contributed by atoms with E-state index >= 15 is 0 Å². The molecule has 0 spiro atoms. The lowest BCUT2D eigenvalue weighted by molar-refractivity contribution is 0.183. The minimum absolute atomic E-state index is 0.164. The van der Waals surface area contributed by atoms with Crippen LogP contribution in [0, 0.1) is 5.41 Å². The van der Waals surface area contributed by atoms with Gasteiger partial charge in [-0.2, -0.15) is 0 Å². The van der Waals surface area contributed by atoms with E-state index in [1.807, 2.05) is 37.4 Å². The van der Waals surface area contributed by atoms with E-state index in [1.165, 1.54) is 0 Å². The van der Waals surface area contributed by atoms with E-state index in [0.717, 1.165) is 16.7 Å². The van der Waals surface area contributed by atoms with Gasteiger partial charge in [0.2, 0.25) is 0 Å². The van der Waals surface area contributed by atoms with Gasteiger partial charge in [-0.1, -0.05) is 26.8 Å². The van der Waals surface area contributed by atoms with E-state index in [4.69, 9.17) is 4.74 Å². The molecule has 2 aromatic rings. The Balaban J connectivity index is 2.18. The highest BCUT2D eigenvalue weighted by atomic mass is 16.5. The van der Waals surface area contributed by atoms with Crippen molar-refractivity contribution < 1.29 is 4.74 Å². The van der Waals surface area contributed by atoms with Crippen LogP contribution in [-0.2, 0) is 0 Å². The summed E-state index contributed by atoms with van der Waals surface area (Å²) in [5.74, 6) is 0.898. The van der Waals surface area contributed by atoms with Crippen LogP contribution in [0.1, 0.15) is 20.8 Å². The summed E-state index contributed by atoms with van der Waals surface area (Å²) < 4.78 is 6.00. The number of hydrogen-bond donors (Lipinski definition) is 1. The zero-order chi connectivity index (χ0) is 13.9. The van der Waals surface area contributed by atoms with Gasteiger partial charge in [0.25, 0.3) is 0 Å². The first-order chi connectivity index (χ1) is 9.02. The van der Waals surface area contributed by atoms with Crippen molar-refractivity contribution in [1.29, 1.82) is 0 Å². The second-order valence-electron chi connectivity index (χ2n) is 5.84. The van der Waals surface area contributed by atoms with Crippen molar-refractivity contribution in [3.8, 4) is 5.75 Å². The molecule has 0 aliphatic rings. The van der Waals surface area contributed by atoms with Gasteiger partial charge in [0.05, 0.1) is 5.52 Å². The first kappa shape index (κ1) is 13.8. The van der Waals surface area contributed by atoms with Crippen LogP contribution >= 0.6 is 0 Å². The summed E-state index contributed by atoms with van der Waals surface area (Å²) in [4.78, 5) is 4.34. The van der Waals surface area contributed by atoms with Crippen LogP contribution in [0.25, 0.3) is 10.9 Å². The van der Waals surface area contributed by atoms with E-state index in [2.05, 4.69) is 31.1 Å². The van der Waals surface area contributed by atoms with Crippen molar-refractivity contribution in [3.05, 3.63) is 36.5 Å². The van der Waals surface area contributed by atoms with Crippen molar-refractivity contribution >= 4 is 10.9 Å². The molecule has 0 radical (unpaired) electrons. The van der Waals surface area contributed by atoms with Gasteiger partial charge in [-0.15, -0.1) is 0 Å². The van der Waals surface area contributed by atoms with Crippen LogP contribution in [-0.4, -0.2) is 24.7 Å². The molecule has 1 aromatic carbocycles. The SMILES string of the molecule is CNC(COc1cccc2ncccc12)C(C)(C)C. The number of aromatic nitrogens is 1. The Bertz CT molecular complexity index is 540. The van der Waals surface area contributed by atoms with Crippen LogP contribution in [0.5, 0.6) is 5.75 Å². The van der Waals surface area contributed by atoms with Crippen molar-refractivity contribution in [1.82, 2.24) is 10.3 Å². The first-order valence-corrected chi connectivity index (χ1v) is 6.66. The second-order valence-corrected chi connectivity index (χ2v) is 5.84. The number of hydrogen-bond acceptors (Lipinski definition) is 3. The molecule has 3 nitrogen and oxygen atoms in total. The van der Waals surface area contributed by atoms with Gasteiger partial charge in [-0.05, 0) is 36.7 Å². The fourth-order valence-electron chi connectivity index (χ4n) is 2.14. The van der Waals surface area contributed by atoms with E-state index in [1.54, 1.807) is 6.20 Å². The van der Waals surface area contributed by atoms with Gasteiger partial charge in [0, 0.05) is 17.6 Å². The molecular formula is C16H22N2O. The smallest absolute Gasteiger partial charge is 0.128 e. The third-order valence-corrected chi connectivity index (χ3v) is 3.41. The maximum absolute atomic E-state index is 6.00. The molecule has 1 atom stereocenters. The lowest BCUT2D eigenvalue weighted by Gasteiger charge is -2.30. The molecule has 0 fully saturated rings. The zero-order valence-electron chi connectivity index (χ0n) is 12.1. The number of nitrogens with one attached hydrogen (secondary N) is 1. The molecule has 3 heteroatoms. The number of ether oxygens (including phenoxy) is 1. The molecular weight excluding hydrogens is 236 g/mol. The number of nitrogens with zero attached hydrogens (tertiary/aromatic N) is 1. The number of rotatable bonds is 4. The molecule has 1 unspecified atom stereocenters. The van der Waals surface area contributed by atoms with E-state index in [-0.39, 0.29) is 5.41 Å². The highest BCUT2D eigenvalue weighted by Crippen LogP contribution is 2.25. The Morgan fingerprint density at radius 3 is 2.68 bits per heavy atom. The molecule has 0 saturated heterocycles. The second kappa shape index (κ2) is 5.57. The van der Waals surface area contributed by atoms with Crippen LogP contribution in [0.15, 0.2) is 36.5 Å². The minimum Gasteiger partial charge on any atom is -0.491 e. The van der Waals surface area contributed by atoms with Gasteiger partial charge in [-0.3, -0.25) is 4.98 Å². The predicted octanol–water partition coefficient (Wildman–Crippen LogP) is 3.25. The Labute approximate surface area is 115 Å². The molecule has 19 heavy (non-hydrogen) atoms. The first-order valence-electron chi connectivity index (χ1n) is 6.66. The summed E-state index contributed by atoms with van der Waals surface area (Å²) in [5, 5.41) is 4.38. The zero-order valence-corrected chi connectivity index (χ0v) is 12.1. The molecule has 1 aromatic heterocycles. The Morgan fingerprint density at radius 2 is 2.00 bits per heavy atom. The molecule has 0 bridgehead atoms. The Hall–Kier alpha value is -1.61. The van der Waals surface area contributed by atoms with Crippen molar-refractivity contribution in [3.63, 3.8) is 0 Å². The number of fused-ring (bicyclic) bond motifs is 1. The molecule has 0 saturated carbocycles. The van der Waals surface area contributed by atoms with Gasteiger partial charge >= 0.3 is 0 Å². The average molecular weight is 258 g/mol. The van der Waals surface area contributed by atoms with Crippen molar-refractivity contribution in [2.24, 2.45) is 5.41 Å². The summed E-state index contributed by atoms with van der Waals surface area (Å²) in [5.41, 5.74) is 1.13. The fraction of sp³-hybridized carbons (Fsp3) is 0.438. The summed E-state index contributed by atoms with van der Waals surface area (Å²) in [7, 11) is 1.98. The highest BCUT2D eigenvalue weighted by molar-refractivity contribution is 5.84. The standard InChI is InChI=1S/C16H22N2O/c1-16(2,3)15(17-4)11-19-14-9-5-8-13-12(14)7-6-10-18-13/h5-10,15,17H,11H2,1-4H3. The quantitative estimate of drug-likeness (QED) is 0.914. The minimum atomic E-state index is 0.164. The molecule has 2 rings (SSSR count). The molecule has 1 N–H and O–H groups in total. The Morgan fingerprint density at radius 1 is 1.21 bits per heavy atom. The number of pyridine rings is 1.